The van der Waals surface area contributed by atoms with E-state index in [-0.39, 0.29) is 0 Å². The van der Waals surface area contributed by atoms with Crippen LogP contribution in [0.3, 0.4) is 0 Å². The maximum atomic E-state index is 3.52. The molecule has 0 saturated carbocycles. The van der Waals surface area contributed by atoms with E-state index in [4.69, 9.17) is 0 Å². The molecule has 0 spiro atoms. The van der Waals surface area contributed by atoms with Crippen molar-refractivity contribution >= 4 is 0 Å². The zero-order valence-corrected chi connectivity index (χ0v) is 12.1. The maximum Gasteiger partial charge on any atom is 0.0168 e. The Morgan fingerprint density at radius 1 is 1.35 bits per heavy atom. The number of hydrogen-bond acceptors (Lipinski definition) is 2. The standard InChI is InChI=1S/C15H30N2/c1-13(2)12-16-9-5-6-15(4)17-10-7-14(3)8-11-17/h7,13,15-16H,5-6,8-12H2,1-4H3. The molecule has 0 aromatic carbocycles. The molecule has 0 aromatic heterocycles. The Labute approximate surface area is 107 Å². The second-order valence-corrected chi connectivity index (χ2v) is 5.88. The molecule has 0 bridgehead atoms. The fourth-order valence-corrected chi connectivity index (χ4v) is 2.28. The minimum absolute atomic E-state index is 0.736. The zero-order chi connectivity index (χ0) is 12.7. The molecule has 1 aliphatic rings. The van der Waals surface area contributed by atoms with Crippen LogP contribution in [-0.2, 0) is 0 Å². The topological polar surface area (TPSA) is 15.3 Å². The van der Waals surface area contributed by atoms with Gasteiger partial charge in [0.05, 0.1) is 0 Å². The highest BCUT2D eigenvalue weighted by Crippen LogP contribution is 2.14. The molecular weight excluding hydrogens is 208 g/mol. The Morgan fingerprint density at radius 3 is 2.71 bits per heavy atom. The predicted molar refractivity (Wildman–Crippen MR) is 76.4 cm³/mol. The summed E-state index contributed by atoms with van der Waals surface area (Å²) in [6, 6.07) is 0.736. The van der Waals surface area contributed by atoms with E-state index >= 15 is 0 Å². The van der Waals surface area contributed by atoms with Gasteiger partial charge in [-0.05, 0) is 52.1 Å². The van der Waals surface area contributed by atoms with Gasteiger partial charge >= 0.3 is 0 Å². The molecular formula is C15H30N2. The van der Waals surface area contributed by atoms with Crippen LogP contribution >= 0.6 is 0 Å². The first-order valence-corrected chi connectivity index (χ1v) is 7.20. The molecule has 0 aromatic rings. The Morgan fingerprint density at radius 2 is 2.12 bits per heavy atom. The van der Waals surface area contributed by atoms with E-state index in [1.54, 1.807) is 5.57 Å². The van der Waals surface area contributed by atoms with E-state index in [0.717, 1.165) is 25.0 Å². The highest BCUT2D eigenvalue weighted by Gasteiger charge is 2.15. The first-order valence-electron chi connectivity index (χ1n) is 7.20. The van der Waals surface area contributed by atoms with E-state index in [2.05, 4.69) is 44.0 Å². The van der Waals surface area contributed by atoms with Gasteiger partial charge in [-0.3, -0.25) is 4.90 Å². The summed E-state index contributed by atoms with van der Waals surface area (Å²) in [7, 11) is 0. The lowest BCUT2D eigenvalue weighted by Crippen LogP contribution is -2.36. The van der Waals surface area contributed by atoms with Crippen molar-refractivity contribution in [2.45, 2.75) is 53.0 Å². The summed E-state index contributed by atoms with van der Waals surface area (Å²) in [4.78, 5) is 2.61. The van der Waals surface area contributed by atoms with Crippen molar-refractivity contribution in [1.82, 2.24) is 10.2 Å². The van der Waals surface area contributed by atoms with Gasteiger partial charge in [0.15, 0.2) is 0 Å². The second kappa shape index (κ2) is 7.88. The van der Waals surface area contributed by atoms with E-state index in [0.29, 0.717) is 0 Å². The summed E-state index contributed by atoms with van der Waals surface area (Å²) < 4.78 is 0. The molecule has 0 amide bonds. The van der Waals surface area contributed by atoms with Crippen LogP contribution in [0.4, 0.5) is 0 Å². The molecule has 1 atom stereocenters. The summed E-state index contributed by atoms with van der Waals surface area (Å²) in [5.74, 6) is 0.766. The molecule has 0 saturated heterocycles. The first kappa shape index (κ1) is 14.7. The molecule has 100 valence electrons. The zero-order valence-electron chi connectivity index (χ0n) is 12.1. The van der Waals surface area contributed by atoms with Crippen LogP contribution in [0.15, 0.2) is 11.6 Å². The lowest BCUT2D eigenvalue weighted by atomic mass is 10.1. The van der Waals surface area contributed by atoms with Crippen LogP contribution in [0.25, 0.3) is 0 Å². The molecule has 17 heavy (non-hydrogen) atoms. The second-order valence-electron chi connectivity index (χ2n) is 5.88. The predicted octanol–water partition coefficient (Wildman–Crippen LogP) is 3.05. The van der Waals surface area contributed by atoms with E-state index in [9.17, 15) is 0 Å². The van der Waals surface area contributed by atoms with Crippen LogP contribution in [0, 0.1) is 5.92 Å². The molecule has 1 aliphatic heterocycles. The van der Waals surface area contributed by atoms with Gasteiger partial charge in [-0.2, -0.15) is 0 Å². The third kappa shape index (κ3) is 6.23. The fourth-order valence-electron chi connectivity index (χ4n) is 2.28. The highest BCUT2D eigenvalue weighted by atomic mass is 15.1. The van der Waals surface area contributed by atoms with Gasteiger partial charge in [-0.1, -0.05) is 25.5 Å². The summed E-state index contributed by atoms with van der Waals surface area (Å²) in [5.41, 5.74) is 1.56. The molecule has 1 rings (SSSR count). The average Bonchev–Trinajstić information content (AvgIpc) is 2.29. The number of hydrogen-bond donors (Lipinski definition) is 1. The maximum absolute atomic E-state index is 3.52. The largest absolute Gasteiger partial charge is 0.316 e. The third-order valence-corrected chi connectivity index (χ3v) is 3.62. The van der Waals surface area contributed by atoms with Crippen molar-refractivity contribution < 1.29 is 0 Å². The smallest absolute Gasteiger partial charge is 0.0168 e. The highest BCUT2D eigenvalue weighted by molar-refractivity contribution is 5.04. The summed E-state index contributed by atoms with van der Waals surface area (Å²) >= 11 is 0. The number of nitrogens with zero attached hydrogens (tertiary/aromatic N) is 1. The quantitative estimate of drug-likeness (QED) is 0.542. The molecule has 0 fully saturated rings. The van der Waals surface area contributed by atoms with Crippen LogP contribution in [0.5, 0.6) is 0 Å². The Hall–Kier alpha value is -0.340. The van der Waals surface area contributed by atoms with Gasteiger partial charge in [0.25, 0.3) is 0 Å². The lowest BCUT2D eigenvalue weighted by molar-refractivity contribution is 0.211. The Balaban J connectivity index is 2.07. The van der Waals surface area contributed by atoms with Gasteiger partial charge in [0.2, 0.25) is 0 Å². The monoisotopic (exact) mass is 238 g/mol. The van der Waals surface area contributed by atoms with Crippen molar-refractivity contribution in [1.29, 1.82) is 0 Å². The number of rotatable bonds is 7. The number of nitrogens with one attached hydrogen (secondary N) is 1. The summed E-state index contributed by atoms with van der Waals surface area (Å²) in [5, 5.41) is 3.52. The Bertz CT molecular complexity index is 233. The van der Waals surface area contributed by atoms with E-state index < -0.39 is 0 Å². The Kier molecular flexibility index (Phi) is 6.83. The van der Waals surface area contributed by atoms with Crippen molar-refractivity contribution in [2.24, 2.45) is 5.92 Å². The SMILES string of the molecule is CC1=CCN(C(C)CCCNCC(C)C)CC1. The van der Waals surface area contributed by atoms with Crippen molar-refractivity contribution in [3.8, 4) is 0 Å². The third-order valence-electron chi connectivity index (χ3n) is 3.62. The normalized spacial score (nSPS) is 19.5. The van der Waals surface area contributed by atoms with Gasteiger partial charge < -0.3 is 5.32 Å². The average molecular weight is 238 g/mol. The van der Waals surface area contributed by atoms with Crippen LogP contribution in [-0.4, -0.2) is 37.1 Å². The van der Waals surface area contributed by atoms with E-state index in [1.807, 2.05) is 0 Å². The molecule has 2 heteroatoms. The minimum Gasteiger partial charge on any atom is -0.316 e. The van der Waals surface area contributed by atoms with E-state index in [1.165, 1.54) is 32.4 Å². The molecule has 1 heterocycles. The van der Waals surface area contributed by atoms with Crippen molar-refractivity contribution in [3.05, 3.63) is 11.6 Å². The molecule has 0 radical (unpaired) electrons. The molecule has 0 aliphatic carbocycles. The fraction of sp³-hybridized carbons (Fsp3) is 0.867. The van der Waals surface area contributed by atoms with Gasteiger partial charge in [0, 0.05) is 19.1 Å². The molecule has 1 N–H and O–H groups in total. The molecule has 1 unspecified atom stereocenters. The van der Waals surface area contributed by atoms with Crippen molar-refractivity contribution in [3.63, 3.8) is 0 Å². The summed E-state index contributed by atoms with van der Waals surface area (Å²) in [6.07, 6.45) is 6.26. The lowest BCUT2D eigenvalue weighted by Gasteiger charge is -2.31. The molecule has 2 nitrogen and oxygen atoms in total. The first-order chi connectivity index (χ1) is 8.09. The van der Waals surface area contributed by atoms with Crippen LogP contribution in [0.2, 0.25) is 0 Å². The minimum atomic E-state index is 0.736. The van der Waals surface area contributed by atoms with Gasteiger partial charge in [0.1, 0.15) is 0 Å². The van der Waals surface area contributed by atoms with Gasteiger partial charge in [-0.25, -0.2) is 0 Å². The van der Waals surface area contributed by atoms with Crippen LogP contribution < -0.4 is 5.32 Å². The van der Waals surface area contributed by atoms with Crippen molar-refractivity contribution in [2.75, 3.05) is 26.2 Å². The van der Waals surface area contributed by atoms with Gasteiger partial charge in [-0.15, -0.1) is 0 Å². The summed E-state index contributed by atoms with van der Waals surface area (Å²) in [6.45, 7) is 13.9. The van der Waals surface area contributed by atoms with Crippen LogP contribution in [0.1, 0.15) is 47.0 Å².